The zero-order chi connectivity index (χ0) is 38.9. The quantitative estimate of drug-likeness (QED) is 0.169. The molecule has 280 valence electrons. The second-order valence-electron chi connectivity index (χ2n) is 15.9. The average Bonchev–Trinajstić information content (AvgIpc) is 3.89. The summed E-state index contributed by atoms with van der Waals surface area (Å²) in [5, 5.41) is 2.20. The van der Waals surface area contributed by atoms with E-state index in [1.807, 2.05) is 6.07 Å². The predicted molar refractivity (Wildman–Crippen MR) is 243 cm³/mol. The first-order valence-electron chi connectivity index (χ1n) is 20.6. The Kier molecular flexibility index (Phi) is 7.80. The van der Waals surface area contributed by atoms with E-state index in [0.29, 0.717) is 11.8 Å². The third-order valence-electron chi connectivity index (χ3n) is 12.6. The lowest BCUT2D eigenvalue weighted by Crippen LogP contribution is -2.31. The fourth-order valence-corrected chi connectivity index (χ4v) is 9.78. The Morgan fingerprint density at radius 1 is 0.508 bits per heavy atom. The van der Waals surface area contributed by atoms with Crippen molar-refractivity contribution in [3.05, 3.63) is 234 Å². The maximum atomic E-state index is 7.11. The van der Waals surface area contributed by atoms with E-state index in [9.17, 15) is 0 Å². The first-order valence-corrected chi connectivity index (χ1v) is 20.6. The van der Waals surface area contributed by atoms with Crippen LogP contribution in [0.1, 0.15) is 34.1 Å². The van der Waals surface area contributed by atoms with Crippen LogP contribution in [0.3, 0.4) is 0 Å². The van der Waals surface area contributed by atoms with Gasteiger partial charge in [0.05, 0.1) is 11.6 Å². The predicted octanol–water partition coefficient (Wildman–Crippen LogP) is 14.4. The van der Waals surface area contributed by atoms with Crippen LogP contribution in [0.2, 0.25) is 0 Å². The molecule has 3 aliphatic carbocycles. The highest BCUT2D eigenvalue weighted by Crippen LogP contribution is 2.54. The lowest BCUT2D eigenvalue weighted by Gasteiger charge is -2.36. The molecule has 12 rings (SSSR count). The Balaban J connectivity index is 1.02. The maximum Gasteiger partial charge on any atom is 0.159 e. The smallest absolute Gasteiger partial charge is 0.159 e. The molecule has 8 aromatic rings. The third kappa shape index (κ3) is 5.57. The number of hydrogen-bond donors (Lipinski definition) is 0. The zero-order valence-electron chi connectivity index (χ0n) is 32.3. The van der Waals surface area contributed by atoms with Crippen molar-refractivity contribution in [3.8, 4) is 28.0 Å². The van der Waals surface area contributed by atoms with Crippen LogP contribution < -0.4 is 9.64 Å². The van der Waals surface area contributed by atoms with Gasteiger partial charge >= 0.3 is 0 Å². The lowest BCUT2D eigenvalue weighted by molar-refractivity contribution is 0.274. The molecule has 0 N–H and O–H groups in total. The summed E-state index contributed by atoms with van der Waals surface area (Å²) >= 11 is 0. The SMILES string of the molecule is C1=CC2C=Cc3cc(-c4ccc(N(C5=CC=C(c6ccccc6)C6Oc7cc(-c8ccccc8)ccc7C56)c5cccc6c5oc5ccccc56)cc4)ccc3C2C=C1. The van der Waals surface area contributed by atoms with E-state index >= 15 is 0 Å². The number of anilines is 2. The zero-order valence-corrected chi connectivity index (χ0v) is 32.3. The normalized spacial score (nSPS) is 19.7. The van der Waals surface area contributed by atoms with Crippen molar-refractivity contribution in [2.45, 2.75) is 17.9 Å². The van der Waals surface area contributed by atoms with Crippen molar-refractivity contribution in [2.75, 3.05) is 4.90 Å². The van der Waals surface area contributed by atoms with E-state index in [-0.39, 0.29) is 12.0 Å². The largest absolute Gasteiger partial charge is 0.484 e. The molecular weight excluding hydrogens is 719 g/mol. The van der Waals surface area contributed by atoms with Crippen molar-refractivity contribution in [2.24, 2.45) is 5.92 Å². The van der Waals surface area contributed by atoms with E-state index in [4.69, 9.17) is 9.15 Å². The van der Waals surface area contributed by atoms with Crippen molar-refractivity contribution < 1.29 is 9.15 Å². The molecule has 4 atom stereocenters. The molecule has 0 amide bonds. The molecule has 4 unspecified atom stereocenters. The second kappa shape index (κ2) is 13.6. The van der Waals surface area contributed by atoms with Crippen molar-refractivity contribution in [1.82, 2.24) is 0 Å². The highest BCUT2D eigenvalue weighted by Gasteiger charge is 2.44. The van der Waals surface area contributed by atoms with Crippen LogP contribution in [0.15, 0.2) is 216 Å². The summed E-state index contributed by atoms with van der Waals surface area (Å²) in [6, 6.07) is 58.8. The van der Waals surface area contributed by atoms with E-state index < -0.39 is 0 Å². The highest BCUT2D eigenvalue weighted by atomic mass is 16.5. The molecule has 0 fully saturated rings. The second-order valence-corrected chi connectivity index (χ2v) is 15.9. The molecule has 0 radical (unpaired) electrons. The van der Waals surface area contributed by atoms with Crippen LogP contribution in [-0.4, -0.2) is 6.10 Å². The van der Waals surface area contributed by atoms with Crippen LogP contribution in [0.4, 0.5) is 11.4 Å². The summed E-state index contributed by atoms with van der Waals surface area (Å²) in [5.74, 6) is 1.65. The first-order chi connectivity index (χ1) is 29.2. The van der Waals surface area contributed by atoms with Gasteiger partial charge in [-0.25, -0.2) is 0 Å². The number of furan rings is 1. The minimum Gasteiger partial charge on any atom is -0.484 e. The monoisotopic (exact) mass is 757 g/mol. The van der Waals surface area contributed by atoms with Gasteiger partial charge in [0.1, 0.15) is 17.4 Å². The van der Waals surface area contributed by atoms with Crippen LogP contribution in [0.25, 0.3) is 55.8 Å². The molecule has 7 aromatic carbocycles. The highest BCUT2D eigenvalue weighted by molar-refractivity contribution is 6.10. The summed E-state index contributed by atoms with van der Waals surface area (Å²) in [4.78, 5) is 2.41. The van der Waals surface area contributed by atoms with Crippen molar-refractivity contribution in [1.29, 1.82) is 0 Å². The Bertz CT molecular complexity index is 3090. The van der Waals surface area contributed by atoms with E-state index in [0.717, 1.165) is 55.9 Å². The lowest BCUT2D eigenvalue weighted by atomic mass is 9.76. The van der Waals surface area contributed by atoms with Crippen LogP contribution in [0, 0.1) is 5.92 Å². The van der Waals surface area contributed by atoms with Crippen molar-refractivity contribution >= 4 is 45.0 Å². The number of ether oxygens (including phenoxy) is 1. The van der Waals surface area contributed by atoms with Gasteiger partial charge in [0.2, 0.25) is 0 Å². The Morgan fingerprint density at radius 2 is 1.20 bits per heavy atom. The minimum atomic E-state index is -0.229. The summed E-state index contributed by atoms with van der Waals surface area (Å²) in [7, 11) is 0. The fourth-order valence-electron chi connectivity index (χ4n) is 9.78. The average molecular weight is 758 g/mol. The summed E-state index contributed by atoms with van der Waals surface area (Å²) in [6.45, 7) is 0. The number of fused-ring (bicyclic) bond motifs is 9. The summed E-state index contributed by atoms with van der Waals surface area (Å²) in [5.41, 5.74) is 15.8. The van der Waals surface area contributed by atoms with Crippen LogP contribution in [0.5, 0.6) is 5.75 Å². The van der Waals surface area contributed by atoms with E-state index in [1.54, 1.807) is 0 Å². The van der Waals surface area contributed by atoms with Gasteiger partial charge in [0.15, 0.2) is 5.58 Å². The minimum absolute atomic E-state index is 0.0886. The van der Waals surface area contributed by atoms with Gasteiger partial charge in [-0.3, -0.25) is 0 Å². The standard InChI is InChI=1S/C56H39NO2/c1-3-12-36(13-4-1)41-27-31-49-53(35-41)59-56-46(38-14-5-2-6-15-38)32-33-50(54(49)56)57(51-20-11-19-48-47-18-9-10-21-52(47)58-55(48)51)43-28-24-37(25-29-43)40-26-30-45-42(34-40)23-22-39-16-7-8-17-44(39)45/h1-35,39,44,54,56H. The van der Waals surface area contributed by atoms with E-state index in [2.05, 4.69) is 211 Å². The molecule has 0 saturated carbocycles. The van der Waals surface area contributed by atoms with Gasteiger partial charge in [-0.2, -0.15) is 0 Å². The number of para-hydroxylation sites is 2. The molecule has 0 bridgehead atoms. The maximum absolute atomic E-state index is 7.11. The molecule has 0 spiro atoms. The number of benzene rings is 7. The van der Waals surface area contributed by atoms with Gasteiger partial charge in [0.25, 0.3) is 0 Å². The van der Waals surface area contributed by atoms with Gasteiger partial charge in [-0.15, -0.1) is 0 Å². The fraction of sp³-hybridized carbons (Fsp3) is 0.0714. The molecule has 3 nitrogen and oxygen atoms in total. The van der Waals surface area contributed by atoms with Crippen LogP contribution in [-0.2, 0) is 0 Å². The number of allylic oxidation sites excluding steroid dienone is 7. The molecule has 59 heavy (non-hydrogen) atoms. The Hall–Kier alpha value is -7.36. The molecule has 3 heteroatoms. The van der Waals surface area contributed by atoms with E-state index in [1.165, 1.54) is 39.0 Å². The molecule has 1 aliphatic heterocycles. The van der Waals surface area contributed by atoms with Crippen molar-refractivity contribution in [3.63, 3.8) is 0 Å². The number of rotatable bonds is 6. The molecule has 0 saturated heterocycles. The Labute approximate surface area is 343 Å². The first kappa shape index (κ1) is 33.7. The molecule has 2 heterocycles. The number of hydrogen-bond acceptors (Lipinski definition) is 3. The van der Waals surface area contributed by atoms with Gasteiger partial charge < -0.3 is 14.1 Å². The van der Waals surface area contributed by atoms with Gasteiger partial charge in [-0.1, -0.05) is 170 Å². The summed E-state index contributed by atoms with van der Waals surface area (Å²) in [6.07, 6.45) is 17.9. The van der Waals surface area contributed by atoms with Crippen LogP contribution >= 0.6 is 0 Å². The molecule has 1 aromatic heterocycles. The van der Waals surface area contributed by atoms with Gasteiger partial charge in [-0.05, 0) is 81.4 Å². The molecule has 4 aliphatic rings. The van der Waals surface area contributed by atoms with Gasteiger partial charge in [0, 0.05) is 45.1 Å². The third-order valence-corrected chi connectivity index (χ3v) is 12.6. The summed E-state index contributed by atoms with van der Waals surface area (Å²) < 4.78 is 13.9. The molecular formula is C56H39NO2. The topological polar surface area (TPSA) is 25.6 Å². The number of nitrogens with zero attached hydrogens (tertiary/aromatic N) is 1. The Morgan fingerprint density at radius 3 is 2.05 bits per heavy atom.